The highest BCUT2D eigenvalue weighted by atomic mass is 35.5. The molecule has 3 unspecified atom stereocenters. The van der Waals surface area contributed by atoms with E-state index in [9.17, 15) is 9.59 Å². The fourth-order valence-electron chi connectivity index (χ4n) is 5.12. The standard InChI is InChI=1S/C26H31ClN6O5/c27-19-9-16(37-13-26(29)4-5-26)8-18-17(19)7-14(23(18)28)10-30-6-3-15-11-33(25(35)38-15)21-2-1-20-24(31-21)32-22(34)12-36-20/h1-2,8-9,14-15,23,30H,3-7,10-13,28-29H2,(H,31,32,34). The van der Waals surface area contributed by atoms with Crippen LogP contribution in [0.4, 0.5) is 16.4 Å². The van der Waals surface area contributed by atoms with Crippen molar-refractivity contribution >= 4 is 35.2 Å². The van der Waals surface area contributed by atoms with Crippen molar-refractivity contribution in [1.82, 2.24) is 10.3 Å². The van der Waals surface area contributed by atoms with E-state index in [4.69, 9.17) is 37.3 Å². The van der Waals surface area contributed by atoms with Crippen LogP contribution in [0.3, 0.4) is 0 Å². The first kappa shape index (κ1) is 25.2. The minimum absolute atomic E-state index is 0.0510. The Morgan fingerprint density at radius 3 is 2.95 bits per heavy atom. The smallest absolute Gasteiger partial charge is 0.415 e. The number of anilines is 2. The zero-order valence-electron chi connectivity index (χ0n) is 20.9. The summed E-state index contributed by atoms with van der Waals surface area (Å²) in [5, 5.41) is 6.80. The van der Waals surface area contributed by atoms with Crippen LogP contribution in [0, 0.1) is 5.92 Å². The molecule has 2 aliphatic heterocycles. The van der Waals surface area contributed by atoms with Crippen LogP contribution < -0.4 is 36.5 Å². The molecule has 2 aliphatic carbocycles. The molecule has 0 bridgehead atoms. The molecular formula is C26H31ClN6O5. The van der Waals surface area contributed by atoms with E-state index in [1.807, 2.05) is 12.1 Å². The van der Waals surface area contributed by atoms with Crippen molar-refractivity contribution < 1.29 is 23.8 Å². The van der Waals surface area contributed by atoms with Crippen LogP contribution in [0.15, 0.2) is 24.3 Å². The van der Waals surface area contributed by atoms with Gasteiger partial charge in [-0.15, -0.1) is 0 Å². The van der Waals surface area contributed by atoms with Gasteiger partial charge in [-0.25, -0.2) is 9.78 Å². The molecule has 1 aromatic carbocycles. The number of ether oxygens (including phenoxy) is 3. The Hall–Kier alpha value is -3.12. The van der Waals surface area contributed by atoms with Gasteiger partial charge in [0.15, 0.2) is 18.2 Å². The minimum atomic E-state index is -0.464. The van der Waals surface area contributed by atoms with E-state index >= 15 is 0 Å². The molecule has 6 N–H and O–H groups in total. The highest BCUT2D eigenvalue weighted by Crippen LogP contribution is 2.41. The molecule has 1 saturated heterocycles. The molecule has 4 aliphatic rings. The van der Waals surface area contributed by atoms with E-state index in [0.717, 1.165) is 30.4 Å². The first-order valence-corrected chi connectivity index (χ1v) is 13.3. The van der Waals surface area contributed by atoms with Gasteiger partial charge >= 0.3 is 6.09 Å². The second-order valence-corrected chi connectivity index (χ2v) is 11.0. The van der Waals surface area contributed by atoms with Crippen LogP contribution in [-0.2, 0) is 16.0 Å². The van der Waals surface area contributed by atoms with Crippen molar-refractivity contribution in [3.8, 4) is 11.5 Å². The maximum Gasteiger partial charge on any atom is 0.415 e. The topological polar surface area (TPSA) is 154 Å². The second-order valence-electron chi connectivity index (χ2n) is 10.6. The number of amides is 2. The molecule has 6 rings (SSSR count). The Morgan fingerprint density at radius 2 is 2.13 bits per heavy atom. The normalized spacial score (nSPS) is 24.8. The van der Waals surface area contributed by atoms with Gasteiger partial charge in [0.25, 0.3) is 5.91 Å². The summed E-state index contributed by atoms with van der Waals surface area (Å²) in [6, 6.07) is 7.07. The Morgan fingerprint density at radius 1 is 1.29 bits per heavy atom. The highest BCUT2D eigenvalue weighted by molar-refractivity contribution is 6.31. The van der Waals surface area contributed by atoms with Crippen LogP contribution in [0.2, 0.25) is 5.02 Å². The van der Waals surface area contributed by atoms with Crippen molar-refractivity contribution in [2.24, 2.45) is 17.4 Å². The van der Waals surface area contributed by atoms with E-state index in [-0.39, 0.29) is 36.1 Å². The zero-order chi connectivity index (χ0) is 26.4. The van der Waals surface area contributed by atoms with Crippen LogP contribution >= 0.6 is 11.6 Å². The number of nitrogens with two attached hydrogens (primary N) is 2. The second kappa shape index (κ2) is 9.88. The monoisotopic (exact) mass is 542 g/mol. The lowest BCUT2D eigenvalue weighted by atomic mass is 10.0. The van der Waals surface area contributed by atoms with Crippen molar-refractivity contribution in [2.45, 2.75) is 43.4 Å². The number of benzene rings is 1. The summed E-state index contributed by atoms with van der Waals surface area (Å²) >= 11 is 6.57. The molecule has 2 fully saturated rings. The van der Waals surface area contributed by atoms with Gasteiger partial charge in [0.05, 0.1) is 12.1 Å². The molecule has 202 valence electrons. The summed E-state index contributed by atoms with van der Waals surface area (Å²) in [6.07, 6.45) is 2.66. The summed E-state index contributed by atoms with van der Waals surface area (Å²) in [7, 11) is 0. The number of carbonyl (C=O) groups excluding carboxylic acids is 2. The van der Waals surface area contributed by atoms with Crippen LogP contribution in [0.25, 0.3) is 0 Å². The molecule has 12 heteroatoms. The van der Waals surface area contributed by atoms with Crippen molar-refractivity contribution in [2.75, 3.05) is 43.1 Å². The number of hydrogen-bond acceptors (Lipinski definition) is 9. The number of pyridine rings is 1. The number of halogens is 1. The number of nitrogens with zero attached hydrogens (tertiary/aromatic N) is 2. The van der Waals surface area contributed by atoms with E-state index in [2.05, 4.69) is 15.6 Å². The molecule has 2 aromatic rings. The number of fused-ring (bicyclic) bond motifs is 2. The van der Waals surface area contributed by atoms with E-state index in [1.165, 1.54) is 4.90 Å². The maximum atomic E-state index is 12.5. The Balaban J connectivity index is 0.986. The van der Waals surface area contributed by atoms with Gasteiger partial charge in [-0.2, -0.15) is 0 Å². The van der Waals surface area contributed by atoms with Gasteiger partial charge in [-0.05, 0) is 73.5 Å². The van der Waals surface area contributed by atoms with Gasteiger partial charge in [-0.3, -0.25) is 9.69 Å². The molecule has 1 aromatic heterocycles. The number of nitrogens with one attached hydrogen (secondary N) is 2. The SMILES string of the molecule is NC1c2cc(OCC3(N)CC3)cc(Cl)c2CC1CNCCC1CN(c2ccc3c(n2)NC(=O)CO3)C(=O)O1. The van der Waals surface area contributed by atoms with Gasteiger partial charge in [0.2, 0.25) is 0 Å². The summed E-state index contributed by atoms with van der Waals surface area (Å²) in [6.45, 7) is 2.18. The van der Waals surface area contributed by atoms with E-state index < -0.39 is 6.09 Å². The molecule has 1 saturated carbocycles. The van der Waals surface area contributed by atoms with Crippen LogP contribution in [0.5, 0.6) is 11.5 Å². The summed E-state index contributed by atoms with van der Waals surface area (Å²) in [4.78, 5) is 29.9. The average molecular weight is 543 g/mol. The molecule has 3 heterocycles. The van der Waals surface area contributed by atoms with Crippen LogP contribution in [-0.4, -0.2) is 61.5 Å². The number of aromatic nitrogens is 1. The maximum absolute atomic E-state index is 12.5. The predicted molar refractivity (Wildman–Crippen MR) is 141 cm³/mol. The average Bonchev–Trinajstić information content (AvgIpc) is 3.39. The van der Waals surface area contributed by atoms with Crippen molar-refractivity contribution in [3.63, 3.8) is 0 Å². The molecule has 38 heavy (non-hydrogen) atoms. The third kappa shape index (κ3) is 5.11. The Kier molecular flexibility index (Phi) is 6.55. The highest BCUT2D eigenvalue weighted by Gasteiger charge is 2.39. The largest absolute Gasteiger partial charge is 0.492 e. The minimum Gasteiger partial charge on any atom is -0.492 e. The fourth-order valence-corrected chi connectivity index (χ4v) is 5.41. The number of carbonyl (C=O) groups is 2. The molecule has 11 nitrogen and oxygen atoms in total. The predicted octanol–water partition coefficient (Wildman–Crippen LogP) is 2.11. The Bertz CT molecular complexity index is 1270. The van der Waals surface area contributed by atoms with Crippen molar-refractivity contribution in [3.05, 3.63) is 40.4 Å². The number of cyclic esters (lactones) is 1. The lowest BCUT2D eigenvalue weighted by molar-refractivity contribution is -0.118. The quantitative estimate of drug-likeness (QED) is 0.349. The number of hydrogen-bond donors (Lipinski definition) is 4. The van der Waals surface area contributed by atoms with Crippen molar-refractivity contribution in [1.29, 1.82) is 0 Å². The molecule has 3 atom stereocenters. The third-order valence-electron chi connectivity index (χ3n) is 7.62. The van der Waals surface area contributed by atoms with Gasteiger partial charge < -0.3 is 36.3 Å². The van der Waals surface area contributed by atoms with E-state index in [0.29, 0.717) is 60.8 Å². The van der Waals surface area contributed by atoms with Gasteiger partial charge in [0.1, 0.15) is 24.3 Å². The Labute approximate surface area is 225 Å². The fraction of sp³-hybridized carbons (Fsp3) is 0.500. The van der Waals surface area contributed by atoms with Gasteiger partial charge in [-0.1, -0.05) is 11.6 Å². The third-order valence-corrected chi connectivity index (χ3v) is 7.95. The molecule has 2 amide bonds. The van der Waals surface area contributed by atoms with Crippen LogP contribution in [0.1, 0.15) is 36.4 Å². The molecular weight excluding hydrogens is 512 g/mol. The lowest BCUT2D eigenvalue weighted by Gasteiger charge is -2.19. The molecule has 0 spiro atoms. The first-order chi connectivity index (χ1) is 18.3. The lowest BCUT2D eigenvalue weighted by Crippen LogP contribution is -2.32. The summed E-state index contributed by atoms with van der Waals surface area (Å²) in [5.74, 6) is 1.81. The summed E-state index contributed by atoms with van der Waals surface area (Å²) in [5.41, 5.74) is 14.6. The van der Waals surface area contributed by atoms with E-state index in [1.54, 1.807) is 12.1 Å². The van der Waals surface area contributed by atoms with Gasteiger partial charge in [0, 0.05) is 17.6 Å². The zero-order valence-corrected chi connectivity index (χ0v) is 21.6. The summed E-state index contributed by atoms with van der Waals surface area (Å²) < 4.78 is 16.8. The first-order valence-electron chi connectivity index (χ1n) is 12.9. The molecule has 0 radical (unpaired) electrons. The number of rotatable bonds is 9.